The molecule has 0 radical (unpaired) electrons. The minimum Gasteiger partial charge on any atom is -0.476 e. The highest BCUT2D eigenvalue weighted by molar-refractivity contribution is 7.22. The first-order valence-electron chi connectivity index (χ1n) is 7.31. The third kappa shape index (κ3) is 2.95. The summed E-state index contributed by atoms with van der Waals surface area (Å²) < 4.78 is 0.562. The average molecular weight is 371 g/mol. The highest BCUT2D eigenvalue weighted by Gasteiger charge is 2.19. The van der Waals surface area contributed by atoms with E-state index < -0.39 is 5.97 Å². The Morgan fingerprint density at radius 3 is 2.80 bits per heavy atom. The molecule has 3 aromatic heterocycles. The van der Waals surface area contributed by atoms with E-state index in [0.717, 1.165) is 16.3 Å². The summed E-state index contributed by atoms with van der Waals surface area (Å²) in [7, 11) is 0. The number of aromatic nitrogens is 3. The molecule has 0 bridgehead atoms. The van der Waals surface area contributed by atoms with Gasteiger partial charge in [0.2, 0.25) is 0 Å². The zero-order valence-electron chi connectivity index (χ0n) is 12.7. The minimum absolute atomic E-state index is 0.0645. The number of H-pyrrole nitrogens is 1. The fraction of sp³-hybridized carbons (Fsp3) is 0. The number of aromatic amines is 1. The van der Waals surface area contributed by atoms with Gasteiger partial charge in [0.05, 0.1) is 4.70 Å². The molecule has 3 N–H and O–H groups in total. The quantitative estimate of drug-likeness (QED) is 0.480. The van der Waals surface area contributed by atoms with Crippen LogP contribution in [0.2, 0.25) is 5.02 Å². The summed E-state index contributed by atoms with van der Waals surface area (Å²) >= 11 is 7.42. The van der Waals surface area contributed by atoms with Crippen molar-refractivity contribution in [1.29, 1.82) is 0 Å². The van der Waals surface area contributed by atoms with Crippen molar-refractivity contribution < 1.29 is 9.90 Å². The fourth-order valence-corrected chi connectivity index (χ4v) is 3.82. The van der Waals surface area contributed by atoms with Crippen molar-refractivity contribution in [3.8, 4) is 10.4 Å². The molecular weight excluding hydrogens is 360 g/mol. The molecule has 8 heteroatoms. The molecule has 0 amide bonds. The second kappa shape index (κ2) is 6.19. The number of carbonyl (C=O) groups is 1. The van der Waals surface area contributed by atoms with E-state index in [2.05, 4.69) is 20.5 Å². The lowest BCUT2D eigenvalue weighted by Gasteiger charge is -2.04. The molecule has 0 fully saturated rings. The summed E-state index contributed by atoms with van der Waals surface area (Å²) in [6, 6.07) is 13.0. The van der Waals surface area contributed by atoms with Gasteiger partial charge in [-0.1, -0.05) is 23.7 Å². The normalized spacial score (nSPS) is 10.9. The molecule has 25 heavy (non-hydrogen) atoms. The van der Waals surface area contributed by atoms with Gasteiger partial charge in [0.15, 0.2) is 11.5 Å². The molecule has 124 valence electrons. The monoisotopic (exact) mass is 370 g/mol. The Hall–Kier alpha value is -2.90. The van der Waals surface area contributed by atoms with Gasteiger partial charge >= 0.3 is 5.97 Å². The number of carboxylic acid groups (broad SMARTS) is 1. The van der Waals surface area contributed by atoms with Crippen molar-refractivity contribution in [2.45, 2.75) is 0 Å². The summed E-state index contributed by atoms with van der Waals surface area (Å²) in [4.78, 5) is 15.4. The van der Waals surface area contributed by atoms with E-state index in [1.807, 2.05) is 36.4 Å². The maximum atomic E-state index is 11.5. The van der Waals surface area contributed by atoms with Crippen molar-refractivity contribution >= 4 is 50.6 Å². The molecule has 4 rings (SSSR count). The second-order valence-electron chi connectivity index (χ2n) is 5.27. The Balaban J connectivity index is 1.90. The maximum Gasteiger partial charge on any atom is 0.357 e. The largest absolute Gasteiger partial charge is 0.476 e. The van der Waals surface area contributed by atoms with Crippen LogP contribution in [-0.4, -0.2) is 26.3 Å². The molecule has 1 aromatic carbocycles. The van der Waals surface area contributed by atoms with Crippen molar-refractivity contribution in [1.82, 2.24) is 15.2 Å². The zero-order valence-corrected chi connectivity index (χ0v) is 14.2. The number of nitrogens with one attached hydrogen (secondary N) is 2. The standard InChI is InChI=1S/C17H11ClN4O2S/c18-10-4-1-3-9(7-10)12-8-11-15(25-12)14(17(23)24)21-22-16(11)20-13-5-2-6-19-13/h1-8,19H,(H,20,22)(H,23,24). The van der Waals surface area contributed by atoms with E-state index in [1.165, 1.54) is 11.3 Å². The van der Waals surface area contributed by atoms with Gasteiger partial charge in [-0.3, -0.25) is 0 Å². The molecule has 3 heterocycles. The maximum absolute atomic E-state index is 11.5. The number of nitrogens with zero attached hydrogens (tertiary/aromatic N) is 2. The van der Waals surface area contributed by atoms with Crippen LogP contribution in [-0.2, 0) is 0 Å². The predicted octanol–water partition coefficient (Wildman–Crippen LogP) is 4.78. The molecule has 0 aliphatic rings. The molecule has 0 atom stereocenters. The van der Waals surface area contributed by atoms with Gasteiger partial charge in [-0.05, 0) is 35.9 Å². The first-order chi connectivity index (χ1) is 12.1. The van der Waals surface area contributed by atoms with Crippen LogP contribution in [0.25, 0.3) is 20.5 Å². The van der Waals surface area contributed by atoms with Crippen LogP contribution < -0.4 is 5.32 Å². The van der Waals surface area contributed by atoms with Gasteiger partial charge < -0.3 is 15.4 Å². The number of carboxylic acids is 1. The van der Waals surface area contributed by atoms with Crippen LogP contribution in [0.3, 0.4) is 0 Å². The van der Waals surface area contributed by atoms with Crippen molar-refractivity contribution in [3.05, 3.63) is 59.4 Å². The number of aromatic carboxylic acids is 1. The average Bonchev–Trinajstić information content (AvgIpc) is 3.24. The van der Waals surface area contributed by atoms with Crippen molar-refractivity contribution in [2.75, 3.05) is 5.32 Å². The smallest absolute Gasteiger partial charge is 0.357 e. The number of halogens is 1. The van der Waals surface area contributed by atoms with Crippen molar-refractivity contribution in [3.63, 3.8) is 0 Å². The highest BCUT2D eigenvalue weighted by atomic mass is 35.5. The van der Waals surface area contributed by atoms with Crippen LogP contribution in [0.5, 0.6) is 0 Å². The van der Waals surface area contributed by atoms with Crippen LogP contribution in [0.1, 0.15) is 10.5 Å². The van der Waals surface area contributed by atoms with E-state index in [1.54, 1.807) is 12.3 Å². The van der Waals surface area contributed by atoms with Crippen LogP contribution in [0.15, 0.2) is 48.7 Å². The Morgan fingerprint density at radius 2 is 2.08 bits per heavy atom. The number of benzene rings is 1. The first kappa shape index (κ1) is 15.6. The second-order valence-corrected chi connectivity index (χ2v) is 6.76. The van der Waals surface area contributed by atoms with Crippen molar-refractivity contribution in [2.24, 2.45) is 0 Å². The molecule has 4 aromatic rings. The summed E-state index contributed by atoms with van der Waals surface area (Å²) in [6.45, 7) is 0. The van der Waals surface area contributed by atoms with Gasteiger partial charge in [0.25, 0.3) is 0 Å². The lowest BCUT2D eigenvalue weighted by Crippen LogP contribution is -2.04. The van der Waals surface area contributed by atoms with Gasteiger partial charge in [0, 0.05) is 21.5 Å². The summed E-state index contributed by atoms with van der Waals surface area (Å²) in [5, 5.41) is 21.8. The Labute approximate surface area is 151 Å². The minimum atomic E-state index is -1.11. The Kier molecular flexibility index (Phi) is 3.87. The summed E-state index contributed by atoms with van der Waals surface area (Å²) in [6.07, 6.45) is 1.78. The van der Waals surface area contributed by atoms with Crippen LogP contribution in [0, 0.1) is 0 Å². The summed E-state index contributed by atoms with van der Waals surface area (Å²) in [5.74, 6) is 0.129. The molecular formula is C17H11ClN4O2S. The fourth-order valence-electron chi connectivity index (χ4n) is 2.49. The number of hydrogen-bond donors (Lipinski definition) is 3. The lowest BCUT2D eigenvalue weighted by molar-refractivity contribution is 0.0692. The topological polar surface area (TPSA) is 90.9 Å². The van der Waals surface area contributed by atoms with E-state index in [9.17, 15) is 9.90 Å². The summed E-state index contributed by atoms with van der Waals surface area (Å²) in [5.41, 5.74) is 0.848. The number of hydrogen-bond acceptors (Lipinski definition) is 5. The molecule has 0 saturated carbocycles. The molecule has 0 unspecified atom stereocenters. The number of anilines is 2. The lowest BCUT2D eigenvalue weighted by atomic mass is 10.1. The number of fused-ring (bicyclic) bond motifs is 1. The number of rotatable bonds is 4. The third-order valence-electron chi connectivity index (χ3n) is 3.62. The molecule has 6 nitrogen and oxygen atoms in total. The Morgan fingerprint density at radius 1 is 1.20 bits per heavy atom. The van der Waals surface area contributed by atoms with E-state index in [0.29, 0.717) is 20.9 Å². The van der Waals surface area contributed by atoms with Crippen LogP contribution in [0.4, 0.5) is 11.6 Å². The van der Waals surface area contributed by atoms with Gasteiger partial charge in [-0.15, -0.1) is 21.5 Å². The van der Waals surface area contributed by atoms with Gasteiger partial charge in [-0.25, -0.2) is 4.79 Å². The zero-order chi connectivity index (χ0) is 17.4. The van der Waals surface area contributed by atoms with E-state index in [4.69, 9.17) is 11.6 Å². The first-order valence-corrected chi connectivity index (χ1v) is 8.51. The predicted molar refractivity (Wildman–Crippen MR) is 98.9 cm³/mol. The van der Waals surface area contributed by atoms with Gasteiger partial charge in [0.1, 0.15) is 5.82 Å². The highest BCUT2D eigenvalue weighted by Crippen LogP contribution is 2.38. The molecule has 0 aliphatic heterocycles. The van der Waals surface area contributed by atoms with E-state index >= 15 is 0 Å². The third-order valence-corrected chi connectivity index (χ3v) is 5.04. The molecule has 0 saturated heterocycles. The van der Waals surface area contributed by atoms with Crippen LogP contribution >= 0.6 is 22.9 Å². The molecule has 0 spiro atoms. The molecule has 0 aliphatic carbocycles. The van der Waals surface area contributed by atoms with Gasteiger partial charge in [-0.2, -0.15) is 0 Å². The van der Waals surface area contributed by atoms with E-state index in [-0.39, 0.29) is 5.69 Å². The Bertz CT molecular complexity index is 1080. The SMILES string of the molecule is O=C(O)c1nnc(Nc2ccc[nH]2)c2cc(-c3cccc(Cl)c3)sc12. The number of thiophene rings is 1.